The van der Waals surface area contributed by atoms with Crippen molar-refractivity contribution in [3.05, 3.63) is 0 Å². The Balaban J connectivity index is 3.23. The summed E-state index contributed by atoms with van der Waals surface area (Å²) in [6, 6.07) is 0. The second-order valence-electron chi connectivity index (χ2n) is 5.04. The Hall–Kier alpha value is -1.76. The molecule has 1 fully saturated rings. The van der Waals surface area contributed by atoms with Crippen molar-refractivity contribution in [1.29, 1.82) is 0 Å². The molecule has 0 radical (unpaired) electrons. The number of carbonyl (C=O) groups is 3. The van der Waals surface area contributed by atoms with Gasteiger partial charge in [0.1, 0.15) is 11.9 Å². The fraction of sp³-hybridized carbons (Fsp3) is 0.750. The highest BCUT2D eigenvalue weighted by Crippen LogP contribution is 2.28. The summed E-state index contributed by atoms with van der Waals surface area (Å²) >= 11 is 0. The second-order valence-corrected chi connectivity index (χ2v) is 6.53. The van der Waals surface area contributed by atoms with Gasteiger partial charge in [-0.2, -0.15) is 8.42 Å². The summed E-state index contributed by atoms with van der Waals surface area (Å²) < 4.78 is 50.7. The van der Waals surface area contributed by atoms with E-state index in [4.69, 9.17) is 23.5 Å². The minimum absolute atomic E-state index is 0.852. The van der Waals surface area contributed by atoms with Crippen LogP contribution >= 0.6 is 0 Å². The number of carbonyl (C=O) groups excluding carboxylic acids is 3. The molecule has 0 saturated carbocycles. The molecule has 0 aromatic rings. The summed E-state index contributed by atoms with van der Waals surface area (Å²) in [6.07, 6.45) is -8.08. The van der Waals surface area contributed by atoms with Crippen LogP contribution in [0.15, 0.2) is 0 Å². The molecule has 1 aliphatic heterocycles. The summed E-state index contributed by atoms with van der Waals surface area (Å²) in [6.45, 7) is 3.03. The summed E-state index contributed by atoms with van der Waals surface area (Å²) in [4.78, 5) is 33.7. The normalized spacial score (nSPS) is 30.3. The van der Waals surface area contributed by atoms with Gasteiger partial charge in [0.15, 0.2) is 24.6 Å². The zero-order valence-electron chi connectivity index (χ0n) is 13.1. The molecule has 0 aromatic heterocycles. The lowest BCUT2D eigenvalue weighted by molar-refractivity contribution is -0.287. The van der Waals surface area contributed by atoms with Crippen molar-refractivity contribution < 1.29 is 51.4 Å². The molecule has 0 aliphatic carbocycles. The predicted octanol–water partition coefficient (Wildman–Crippen LogP) is -1.61. The Morgan fingerprint density at radius 3 is 1.75 bits per heavy atom. The predicted molar refractivity (Wildman–Crippen MR) is 74.0 cm³/mol. The minimum Gasteiger partial charge on any atom is -0.456 e. The van der Waals surface area contributed by atoms with Gasteiger partial charge in [0, 0.05) is 20.8 Å². The van der Waals surface area contributed by atoms with Gasteiger partial charge in [-0.3, -0.25) is 18.9 Å². The maximum Gasteiger partial charge on any atom is 0.303 e. The lowest BCUT2D eigenvalue weighted by Gasteiger charge is -2.42. The molecule has 1 heterocycles. The van der Waals surface area contributed by atoms with Crippen LogP contribution in [0.3, 0.4) is 0 Å². The van der Waals surface area contributed by atoms with E-state index in [2.05, 4.69) is 0 Å². The number of aliphatic hydroxyl groups is 1. The van der Waals surface area contributed by atoms with E-state index >= 15 is 0 Å². The van der Waals surface area contributed by atoms with Crippen LogP contribution in [0.1, 0.15) is 20.8 Å². The third-order valence-corrected chi connectivity index (χ3v) is 3.64. The van der Waals surface area contributed by atoms with Crippen molar-refractivity contribution in [2.45, 2.75) is 51.5 Å². The van der Waals surface area contributed by atoms with Crippen molar-refractivity contribution in [3.63, 3.8) is 0 Å². The number of aliphatic hydroxyl groups excluding tert-OH is 1. The van der Waals surface area contributed by atoms with Gasteiger partial charge >= 0.3 is 17.9 Å². The first-order valence-electron chi connectivity index (χ1n) is 6.71. The summed E-state index contributed by atoms with van der Waals surface area (Å²) in [5.74, 6) is -3.64. The molecular weight excluding hydrogens is 352 g/mol. The Labute approximate surface area is 137 Å². The minimum atomic E-state index is -4.58. The molecular formula is C12H18O11S. The molecule has 1 saturated heterocycles. The smallest absolute Gasteiger partial charge is 0.303 e. The summed E-state index contributed by atoms with van der Waals surface area (Å²) in [5, 5.41) is 9.91. The molecule has 1 rings (SSSR count). The van der Waals surface area contributed by atoms with Crippen LogP contribution in [-0.2, 0) is 43.4 Å². The quantitative estimate of drug-likeness (QED) is 0.325. The highest BCUT2D eigenvalue weighted by atomic mass is 32.2. The standard InChI is InChI=1S/C12H18O11S/c1-5(13)20-9-8(4-24(17,18)19)23-12(16)11(22-7(3)15)10(9)21-6(2)14/h8-12,16H,4H2,1-3H3,(H,17,18,19)/t8-,9+,10+,11-,12-/m0/s1. The summed E-state index contributed by atoms with van der Waals surface area (Å²) in [7, 11) is -4.58. The highest BCUT2D eigenvalue weighted by Gasteiger charge is 2.52. The zero-order chi connectivity index (χ0) is 18.7. The van der Waals surface area contributed by atoms with Gasteiger partial charge in [-0.05, 0) is 0 Å². The van der Waals surface area contributed by atoms with Crippen molar-refractivity contribution in [3.8, 4) is 0 Å². The van der Waals surface area contributed by atoms with E-state index in [1.165, 1.54) is 0 Å². The average Bonchev–Trinajstić information content (AvgIpc) is 2.35. The highest BCUT2D eigenvalue weighted by molar-refractivity contribution is 7.85. The molecule has 5 atom stereocenters. The lowest BCUT2D eigenvalue weighted by atomic mass is 9.99. The van der Waals surface area contributed by atoms with E-state index in [-0.39, 0.29) is 0 Å². The van der Waals surface area contributed by atoms with Gasteiger partial charge in [-0.25, -0.2) is 0 Å². The number of hydrogen-bond acceptors (Lipinski definition) is 10. The number of hydrogen-bond donors (Lipinski definition) is 2. The second kappa shape index (κ2) is 7.88. The van der Waals surface area contributed by atoms with Gasteiger partial charge in [-0.1, -0.05) is 0 Å². The molecule has 0 amide bonds. The van der Waals surface area contributed by atoms with E-state index in [0.717, 1.165) is 20.8 Å². The molecule has 0 aromatic carbocycles. The lowest BCUT2D eigenvalue weighted by Crippen LogP contribution is -2.62. The Bertz CT molecular complexity index is 598. The van der Waals surface area contributed by atoms with E-state index in [1.807, 2.05) is 0 Å². The molecule has 138 valence electrons. The van der Waals surface area contributed by atoms with Gasteiger partial charge < -0.3 is 24.1 Å². The Morgan fingerprint density at radius 1 is 0.917 bits per heavy atom. The molecule has 0 spiro atoms. The molecule has 11 nitrogen and oxygen atoms in total. The first kappa shape index (κ1) is 20.3. The van der Waals surface area contributed by atoms with Crippen LogP contribution < -0.4 is 0 Å². The van der Waals surface area contributed by atoms with E-state index < -0.39 is 64.5 Å². The number of esters is 3. The molecule has 1 aliphatic rings. The van der Waals surface area contributed by atoms with Crippen molar-refractivity contribution >= 4 is 28.0 Å². The van der Waals surface area contributed by atoms with Crippen LogP contribution in [0.4, 0.5) is 0 Å². The van der Waals surface area contributed by atoms with Crippen LogP contribution in [0.5, 0.6) is 0 Å². The first-order valence-corrected chi connectivity index (χ1v) is 8.32. The van der Waals surface area contributed by atoms with Gasteiger partial charge in [0.05, 0.1) is 0 Å². The third-order valence-electron chi connectivity index (χ3n) is 2.89. The maximum atomic E-state index is 11.3. The third kappa shape index (κ3) is 6.03. The molecule has 0 bridgehead atoms. The van der Waals surface area contributed by atoms with Crippen LogP contribution in [-0.4, -0.2) is 72.4 Å². The van der Waals surface area contributed by atoms with Gasteiger partial charge in [-0.15, -0.1) is 0 Å². The molecule has 2 N–H and O–H groups in total. The number of ether oxygens (including phenoxy) is 4. The maximum absolute atomic E-state index is 11.3. The van der Waals surface area contributed by atoms with Crippen molar-refractivity contribution in [2.24, 2.45) is 0 Å². The van der Waals surface area contributed by atoms with Crippen LogP contribution in [0.2, 0.25) is 0 Å². The van der Waals surface area contributed by atoms with Crippen LogP contribution in [0.25, 0.3) is 0 Å². The largest absolute Gasteiger partial charge is 0.456 e. The Kier molecular flexibility index (Phi) is 6.66. The average molecular weight is 370 g/mol. The summed E-state index contributed by atoms with van der Waals surface area (Å²) in [5.41, 5.74) is 0. The van der Waals surface area contributed by atoms with E-state index in [1.54, 1.807) is 0 Å². The van der Waals surface area contributed by atoms with Crippen LogP contribution in [0, 0.1) is 0 Å². The molecule has 12 heteroatoms. The van der Waals surface area contributed by atoms with Crippen molar-refractivity contribution in [1.82, 2.24) is 0 Å². The topological polar surface area (TPSA) is 163 Å². The number of rotatable bonds is 5. The zero-order valence-corrected chi connectivity index (χ0v) is 13.9. The molecule has 24 heavy (non-hydrogen) atoms. The first-order chi connectivity index (χ1) is 10.9. The van der Waals surface area contributed by atoms with Crippen molar-refractivity contribution in [2.75, 3.05) is 5.75 Å². The fourth-order valence-electron chi connectivity index (χ4n) is 2.21. The van der Waals surface area contributed by atoms with E-state index in [0.29, 0.717) is 0 Å². The SMILES string of the molecule is CC(=O)O[C@@H]1[C@H](OC(C)=O)[C@H](CS(=O)(=O)O)O[C@H](O)[C@H]1OC(C)=O. The molecule has 0 unspecified atom stereocenters. The fourth-order valence-corrected chi connectivity index (χ4v) is 2.90. The Morgan fingerprint density at radius 2 is 1.33 bits per heavy atom. The monoisotopic (exact) mass is 370 g/mol. The van der Waals surface area contributed by atoms with Gasteiger partial charge in [0.25, 0.3) is 10.1 Å². The van der Waals surface area contributed by atoms with E-state index in [9.17, 15) is 27.9 Å². The van der Waals surface area contributed by atoms with Gasteiger partial charge in [0.2, 0.25) is 0 Å².